The van der Waals surface area contributed by atoms with Gasteiger partial charge in [-0.25, -0.2) is 0 Å². The molecule has 4 aliphatic rings. The van der Waals surface area contributed by atoms with Crippen molar-refractivity contribution in [2.24, 2.45) is 29.1 Å². The SMILES string of the molecule is CC(=O)N[C@H](C(=O)NNC(=O)C12CC3CC(CC(C3)C1)C2)C(C)C. The van der Waals surface area contributed by atoms with Gasteiger partial charge in [0.1, 0.15) is 6.04 Å². The van der Waals surface area contributed by atoms with E-state index in [9.17, 15) is 14.4 Å². The second-order valence-corrected chi connectivity index (χ2v) is 8.56. The standard InChI is InChI=1S/C18H29N3O3/c1-10(2)15(19-11(3)22)16(23)20-21-17(24)18-7-12-4-13(8-18)6-14(5-12)9-18/h10,12-15H,4-9H2,1-3H3,(H,19,22)(H,20,23)(H,21,24)/t12?,13?,14?,15-,18?/m0/s1. The third kappa shape index (κ3) is 3.28. The Morgan fingerprint density at radius 1 is 0.917 bits per heavy atom. The second kappa shape index (κ2) is 6.37. The van der Waals surface area contributed by atoms with Gasteiger partial charge < -0.3 is 5.32 Å². The fourth-order valence-corrected chi connectivity index (χ4v) is 5.47. The number of hydrazine groups is 1. The lowest BCUT2D eigenvalue weighted by molar-refractivity contribution is -0.149. The highest BCUT2D eigenvalue weighted by Crippen LogP contribution is 2.59. The summed E-state index contributed by atoms with van der Waals surface area (Å²) in [6.07, 6.45) is 6.70. The number of hydrogen-bond donors (Lipinski definition) is 3. The Hall–Kier alpha value is -1.59. The minimum atomic E-state index is -0.640. The summed E-state index contributed by atoms with van der Waals surface area (Å²) in [6, 6.07) is -0.640. The zero-order valence-electron chi connectivity index (χ0n) is 14.9. The minimum Gasteiger partial charge on any atom is -0.344 e. The zero-order chi connectivity index (χ0) is 17.5. The van der Waals surface area contributed by atoms with Gasteiger partial charge in [0.25, 0.3) is 5.91 Å². The molecule has 4 rings (SSSR count). The molecule has 0 radical (unpaired) electrons. The molecule has 24 heavy (non-hydrogen) atoms. The fourth-order valence-electron chi connectivity index (χ4n) is 5.47. The first-order valence-electron chi connectivity index (χ1n) is 9.16. The van der Waals surface area contributed by atoms with Crippen LogP contribution in [0.2, 0.25) is 0 Å². The maximum atomic E-state index is 12.8. The van der Waals surface area contributed by atoms with E-state index in [-0.39, 0.29) is 29.1 Å². The van der Waals surface area contributed by atoms with E-state index in [0.29, 0.717) is 17.8 Å². The minimum absolute atomic E-state index is 0.0414. The van der Waals surface area contributed by atoms with E-state index >= 15 is 0 Å². The predicted octanol–water partition coefficient (Wildman–Crippen LogP) is 1.51. The lowest BCUT2D eigenvalue weighted by atomic mass is 9.49. The lowest BCUT2D eigenvalue weighted by Gasteiger charge is -2.55. The number of nitrogens with one attached hydrogen (secondary N) is 3. The molecule has 0 spiro atoms. The van der Waals surface area contributed by atoms with Crippen LogP contribution in [0.5, 0.6) is 0 Å². The first-order chi connectivity index (χ1) is 11.3. The van der Waals surface area contributed by atoms with Gasteiger partial charge in [-0.15, -0.1) is 0 Å². The molecule has 4 saturated carbocycles. The number of carbonyl (C=O) groups is 3. The summed E-state index contributed by atoms with van der Waals surface area (Å²) in [5.74, 6) is 1.33. The summed E-state index contributed by atoms with van der Waals surface area (Å²) in [7, 11) is 0. The molecule has 0 saturated heterocycles. The molecular formula is C18H29N3O3. The lowest BCUT2D eigenvalue weighted by Crippen LogP contribution is -2.59. The summed E-state index contributed by atoms with van der Waals surface area (Å²) in [5.41, 5.74) is 4.91. The van der Waals surface area contributed by atoms with E-state index in [1.807, 2.05) is 13.8 Å². The van der Waals surface area contributed by atoms with Crippen molar-refractivity contribution in [2.75, 3.05) is 0 Å². The van der Waals surface area contributed by atoms with Crippen LogP contribution >= 0.6 is 0 Å². The monoisotopic (exact) mass is 335 g/mol. The van der Waals surface area contributed by atoms with Crippen LogP contribution in [0.15, 0.2) is 0 Å². The van der Waals surface area contributed by atoms with Gasteiger partial charge in [0.2, 0.25) is 11.8 Å². The molecule has 3 amide bonds. The van der Waals surface area contributed by atoms with Crippen molar-refractivity contribution in [3.8, 4) is 0 Å². The molecule has 0 unspecified atom stereocenters. The topological polar surface area (TPSA) is 87.3 Å². The Balaban J connectivity index is 1.59. The van der Waals surface area contributed by atoms with Crippen LogP contribution < -0.4 is 16.2 Å². The smallest absolute Gasteiger partial charge is 0.261 e. The van der Waals surface area contributed by atoms with Gasteiger partial charge in [-0.3, -0.25) is 25.2 Å². The Kier molecular flexibility index (Phi) is 4.58. The Labute approximate surface area is 143 Å². The summed E-state index contributed by atoms with van der Waals surface area (Å²) in [5, 5.41) is 2.64. The Bertz CT molecular complexity index is 508. The van der Waals surface area contributed by atoms with Gasteiger partial charge in [-0.2, -0.15) is 0 Å². The normalized spacial score (nSPS) is 34.8. The van der Waals surface area contributed by atoms with E-state index in [1.165, 1.54) is 26.2 Å². The molecule has 0 aromatic heterocycles. The molecule has 0 aromatic carbocycles. The molecule has 4 aliphatic carbocycles. The molecule has 6 heteroatoms. The van der Waals surface area contributed by atoms with E-state index in [1.54, 1.807) is 0 Å². The van der Waals surface area contributed by atoms with Gasteiger partial charge in [-0.1, -0.05) is 13.8 Å². The molecule has 0 aliphatic heterocycles. The number of carbonyl (C=O) groups excluding carboxylic acids is 3. The largest absolute Gasteiger partial charge is 0.344 e. The van der Waals surface area contributed by atoms with Gasteiger partial charge >= 0.3 is 0 Å². The fraction of sp³-hybridized carbons (Fsp3) is 0.833. The van der Waals surface area contributed by atoms with Crippen LogP contribution in [-0.4, -0.2) is 23.8 Å². The van der Waals surface area contributed by atoms with E-state index in [4.69, 9.17) is 0 Å². The summed E-state index contributed by atoms with van der Waals surface area (Å²) >= 11 is 0. The van der Waals surface area contributed by atoms with E-state index < -0.39 is 6.04 Å². The number of rotatable bonds is 4. The van der Waals surface area contributed by atoms with Crippen molar-refractivity contribution in [1.82, 2.24) is 16.2 Å². The average molecular weight is 335 g/mol. The Morgan fingerprint density at radius 2 is 1.42 bits per heavy atom. The summed E-state index contributed by atoms with van der Waals surface area (Å²) < 4.78 is 0. The molecule has 6 nitrogen and oxygen atoms in total. The highest BCUT2D eigenvalue weighted by molar-refractivity contribution is 5.90. The average Bonchev–Trinajstić information content (AvgIpc) is 2.48. The molecular weight excluding hydrogens is 306 g/mol. The van der Waals surface area contributed by atoms with Crippen molar-refractivity contribution in [3.63, 3.8) is 0 Å². The highest BCUT2D eigenvalue weighted by atomic mass is 16.2. The molecule has 3 N–H and O–H groups in total. The van der Waals surface area contributed by atoms with Crippen molar-refractivity contribution in [2.45, 2.75) is 65.3 Å². The first kappa shape index (κ1) is 17.2. The molecule has 134 valence electrons. The molecule has 4 fully saturated rings. The number of hydrogen-bond acceptors (Lipinski definition) is 3. The van der Waals surface area contributed by atoms with Crippen LogP contribution in [0.4, 0.5) is 0 Å². The van der Waals surface area contributed by atoms with Crippen LogP contribution in [0.1, 0.15) is 59.3 Å². The van der Waals surface area contributed by atoms with Crippen molar-refractivity contribution in [1.29, 1.82) is 0 Å². The predicted molar refractivity (Wildman–Crippen MR) is 89.3 cm³/mol. The van der Waals surface area contributed by atoms with Crippen LogP contribution in [0.3, 0.4) is 0 Å². The van der Waals surface area contributed by atoms with Gasteiger partial charge in [-0.05, 0) is 62.2 Å². The number of amides is 3. The highest BCUT2D eigenvalue weighted by Gasteiger charge is 2.54. The van der Waals surface area contributed by atoms with Crippen LogP contribution in [0.25, 0.3) is 0 Å². The van der Waals surface area contributed by atoms with Gasteiger partial charge in [0.15, 0.2) is 0 Å². The van der Waals surface area contributed by atoms with E-state index in [2.05, 4.69) is 16.2 Å². The quantitative estimate of drug-likeness (QED) is 0.681. The van der Waals surface area contributed by atoms with Crippen molar-refractivity contribution >= 4 is 17.7 Å². The van der Waals surface area contributed by atoms with Crippen molar-refractivity contribution < 1.29 is 14.4 Å². The van der Waals surface area contributed by atoms with Crippen molar-refractivity contribution in [3.05, 3.63) is 0 Å². The zero-order valence-corrected chi connectivity index (χ0v) is 14.9. The summed E-state index contributed by atoms with van der Waals surface area (Å²) in [4.78, 5) is 36.4. The molecule has 0 heterocycles. The third-order valence-corrected chi connectivity index (χ3v) is 6.13. The van der Waals surface area contributed by atoms with Gasteiger partial charge in [0.05, 0.1) is 5.41 Å². The molecule has 0 aromatic rings. The molecule has 1 atom stereocenters. The second-order valence-electron chi connectivity index (χ2n) is 8.56. The Morgan fingerprint density at radius 3 is 1.83 bits per heavy atom. The maximum absolute atomic E-state index is 12.8. The first-order valence-corrected chi connectivity index (χ1v) is 9.16. The van der Waals surface area contributed by atoms with Crippen LogP contribution in [0, 0.1) is 29.1 Å². The van der Waals surface area contributed by atoms with Crippen LogP contribution in [-0.2, 0) is 14.4 Å². The van der Waals surface area contributed by atoms with Gasteiger partial charge in [0, 0.05) is 6.92 Å². The van der Waals surface area contributed by atoms with E-state index in [0.717, 1.165) is 19.3 Å². The third-order valence-electron chi connectivity index (χ3n) is 6.13. The summed E-state index contributed by atoms with van der Waals surface area (Å²) in [6.45, 7) is 5.11. The maximum Gasteiger partial charge on any atom is 0.261 e. The molecule has 4 bridgehead atoms.